The number of aryl methyl sites for hydroxylation is 2. The Morgan fingerprint density at radius 2 is 1.85 bits per heavy atom. The van der Waals surface area contributed by atoms with Gasteiger partial charge in [0.05, 0.1) is 19.7 Å². The number of rotatable bonds is 7. The van der Waals surface area contributed by atoms with Crippen LogP contribution < -0.4 is 9.47 Å². The zero-order valence-corrected chi connectivity index (χ0v) is 12.5. The van der Waals surface area contributed by atoms with Crippen LogP contribution >= 0.6 is 0 Å². The van der Waals surface area contributed by atoms with Crippen molar-refractivity contribution in [2.24, 2.45) is 0 Å². The number of aliphatic hydroxyl groups is 1. The smallest absolute Gasteiger partial charge is 0.162 e. The fourth-order valence-electron chi connectivity index (χ4n) is 2.58. The molecule has 0 bridgehead atoms. The zero-order chi connectivity index (χ0) is 14.5. The Hall–Kier alpha value is -1.68. The molecule has 0 aliphatic rings. The summed E-state index contributed by atoms with van der Waals surface area (Å²) in [4.78, 5) is 0. The molecule has 0 amide bonds. The van der Waals surface area contributed by atoms with Gasteiger partial charge in [0, 0.05) is 30.8 Å². The van der Waals surface area contributed by atoms with Crippen LogP contribution in [0.15, 0.2) is 18.3 Å². The maximum absolute atomic E-state index is 9.04. The lowest BCUT2D eigenvalue weighted by Crippen LogP contribution is -1.95. The molecule has 0 atom stereocenters. The second-order valence-electron chi connectivity index (χ2n) is 4.90. The third kappa shape index (κ3) is 2.75. The molecule has 1 N–H and O–H groups in total. The standard InChI is InChI=1S/C16H23NO3/c1-4-7-17-11-12(6-5-8-18)13-9-15(19-2)16(20-3)10-14(13)17/h9-11,18H,4-8H2,1-3H3. The van der Waals surface area contributed by atoms with Gasteiger partial charge in [0.25, 0.3) is 0 Å². The van der Waals surface area contributed by atoms with Crippen LogP contribution in [0.4, 0.5) is 0 Å². The number of ether oxygens (including phenoxy) is 2. The molecule has 20 heavy (non-hydrogen) atoms. The van der Waals surface area contributed by atoms with E-state index in [1.54, 1.807) is 14.2 Å². The summed E-state index contributed by atoms with van der Waals surface area (Å²) in [6, 6.07) is 4.07. The predicted molar refractivity (Wildman–Crippen MR) is 80.7 cm³/mol. The lowest BCUT2D eigenvalue weighted by atomic mass is 10.1. The molecule has 0 unspecified atom stereocenters. The molecular weight excluding hydrogens is 254 g/mol. The predicted octanol–water partition coefficient (Wildman–Crippen LogP) is 2.99. The Morgan fingerprint density at radius 1 is 1.15 bits per heavy atom. The van der Waals surface area contributed by atoms with E-state index in [0.717, 1.165) is 42.8 Å². The van der Waals surface area contributed by atoms with Crippen LogP contribution in [0.5, 0.6) is 11.5 Å². The molecule has 1 heterocycles. The highest BCUT2D eigenvalue weighted by Gasteiger charge is 2.13. The molecule has 1 aromatic carbocycles. The number of aliphatic hydroxyl groups excluding tert-OH is 1. The van der Waals surface area contributed by atoms with Gasteiger partial charge in [0.1, 0.15) is 0 Å². The van der Waals surface area contributed by atoms with Crippen molar-refractivity contribution in [2.75, 3.05) is 20.8 Å². The van der Waals surface area contributed by atoms with Crippen LogP contribution in [0.1, 0.15) is 25.3 Å². The van der Waals surface area contributed by atoms with Crippen LogP contribution in [0.3, 0.4) is 0 Å². The van der Waals surface area contributed by atoms with E-state index in [0.29, 0.717) is 0 Å². The number of hydrogen-bond donors (Lipinski definition) is 1. The summed E-state index contributed by atoms with van der Waals surface area (Å²) in [7, 11) is 3.31. The molecule has 110 valence electrons. The number of fused-ring (bicyclic) bond motifs is 1. The van der Waals surface area contributed by atoms with Crippen LogP contribution in [-0.2, 0) is 13.0 Å². The van der Waals surface area contributed by atoms with Gasteiger partial charge in [-0.15, -0.1) is 0 Å². The first-order valence-electron chi connectivity index (χ1n) is 7.09. The van der Waals surface area contributed by atoms with Gasteiger partial charge in [-0.05, 0) is 30.9 Å². The van der Waals surface area contributed by atoms with Crippen LogP contribution in [0.25, 0.3) is 10.9 Å². The van der Waals surface area contributed by atoms with E-state index in [2.05, 4.69) is 17.7 Å². The number of benzene rings is 1. The summed E-state index contributed by atoms with van der Waals surface area (Å²) in [5.74, 6) is 1.50. The Balaban J connectivity index is 2.56. The van der Waals surface area contributed by atoms with Crippen LogP contribution in [0.2, 0.25) is 0 Å². The minimum absolute atomic E-state index is 0.216. The van der Waals surface area contributed by atoms with Gasteiger partial charge in [-0.25, -0.2) is 0 Å². The number of hydrogen-bond acceptors (Lipinski definition) is 3. The molecule has 0 saturated heterocycles. The zero-order valence-electron chi connectivity index (χ0n) is 12.5. The molecule has 0 radical (unpaired) electrons. The van der Waals surface area contributed by atoms with Gasteiger partial charge in [0.2, 0.25) is 0 Å². The number of aromatic nitrogens is 1. The van der Waals surface area contributed by atoms with Crippen molar-refractivity contribution < 1.29 is 14.6 Å². The molecule has 2 aromatic rings. The first kappa shape index (κ1) is 14.7. The summed E-state index contributed by atoms with van der Waals surface area (Å²) in [5.41, 5.74) is 2.42. The second kappa shape index (κ2) is 6.66. The topological polar surface area (TPSA) is 43.6 Å². The second-order valence-corrected chi connectivity index (χ2v) is 4.90. The molecule has 0 aliphatic carbocycles. The average Bonchev–Trinajstić information content (AvgIpc) is 2.81. The van der Waals surface area contributed by atoms with Crippen molar-refractivity contribution in [3.63, 3.8) is 0 Å². The van der Waals surface area contributed by atoms with Crippen molar-refractivity contribution in [2.45, 2.75) is 32.7 Å². The summed E-state index contributed by atoms with van der Waals surface area (Å²) in [6.45, 7) is 3.36. The van der Waals surface area contributed by atoms with Gasteiger partial charge in [-0.1, -0.05) is 6.92 Å². The van der Waals surface area contributed by atoms with Crippen molar-refractivity contribution in [1.82, 2.24) is 4.57 Å². The molecular formula is C16H23NO3. The van der Waals surface area contributed by atoms with E-state index < -0.39 is 0 Å². The normalized spacial score (nSPS) is 11.0. The van der Waals surface area contributed by atoms with E-state index in [4.69, 9.17) is 14.6 Å². The SMILES string of the molecule is CCCn1cc(CCCO)c2cc(OC)c(OC)cc21. The molecule has 0 aliphatic heterocycles. The molecule has 1 aromatic heterocycles. The lowest BCUT2D eigenvalue weighted by molar-refractivity contribution is 0.288. The minimum atomic E-state index is 0.216. The fraction of sp³-hybridized carbons (Fsp3) is 0.500. The van der Waals surface area contributed by atoms with Gasteiger partial charge < -0.3 is 19.1 Å². The van der Waals surface area contributed by atoms with Gasteiger partial charge in [0.15, 0.2) is 11.5 Å². The van der Waals surface area contributed by atoms with E-state index >= 15 is 0 Å². The van der Waals surface area contributed by atoms with Gasteiger partial charge in [-0.2, -0.15) is 0 Å². The van der Waals surface area contributed by atoms with Gasteiger partial charge >= 0.3 is 0 Å². The van der Waals surface area contributed by atoms with E-state index in [1.165, 1.54) is 10.9 Å². The third-order valence-electron chi connectivity index (χ3n) is 3.54. The molecule has 2 rings (SSSR count). The quantitative estimate of drug-likeness (QED) is 0.846. The summed E-state index contributed by atoms with van der Waals surface area (Å²) in [5, 5.41) is 10.2. The summed E-state index contributed by atoms with van der Waals surface area (Å²) >= 11 is 0. The highest BCUT2D eigenvalue weighted by Crippen LogP contribution is 2.35. The maximum atomic E-state index is 9.04. The maximum Gasteiger partial charge on any atom is 0.162 e. The highest BCUT2D eigenvalue weighted by atomic mass is 16.5. The highest BCUT2D eigenvalue weighted by molar-refractivity contribution is 5.87. The lowest BCUT2D eigenvalue weighted by Gasteiger charge is -2.09. The largest absolute Gasteiger partial charge is 0.493 e. The number of methoxy groups -OCH3 is 2. The van der Waals surface area contributed by atoms with Crippen molar-refractivity contribution in [3.8, 4) is 11.5 Å². The molecule has 0 spiro atoms. The number of nitrogens with zero attached hydrogens (tertiary/aromatic N) is 1. The minimum Gasteiger partial charge on any atom is -0.493 e. The molecule has 0 fully saturated rings. The Bertz CT molecular complexity index is 575. The molecule has 4 nitrogen and oxygen atoms in total. The van der Waals surface area contributed by atoms with E-state index in [9.17, 15) is 0 Å². The van der Waals surface area contributed by atoms with Gasteiger partial charge in [-0.3, -0.25) is 0 Å². The summed E-state index contributed by atoms with van der Waals surface area (Å²) in [6.07, 6.45) is 4.92. The molecule has 0 saturated carbocycles. The summed E-state index contributed by atoms with van der Waals surface area (Å²) < 4.78 is 13.0. The van der Waals surface area contributed by atoms with Crippen molar-refractivity contribution >= 4 is 10.9 Å². The first-order valence-corrected chi connectivity index (χ1v) is 7.09. The Morgan fingerprint density at radius 3 is 2.45 bits per heavy atom. The Kier molecular flexibility index (Phi) is 4.90. The monoisotopic (exact) mass is 277 g/mol. The third-order valence-corrected chi connectivity index (χ3v) is 3.54. The van der Waals surface area contributed by atoms with Crippen molar-refractivity contribution in [1.29, 1.82) is 0 Å². The molecule has 4 heteroatoms. The van der Waals surface area contributed by atoms with Crippen LogP contribution in [0, 0.1) is 0 Å². The van der Waals surface area contributed by atoms with Crippen molar-refractivity contribution in [3.05, 3.63) is 23.9 Å². The Labute approximate surface area is 119 Å². The van der Waals surface area contributed by atoms with E-state index in [-0.39, 0.29) is 6.61 Å². The first-order chi connectivity index (χ1) is 9.74. The van der Waals surface area contributed by atoms with E-state index in [1.807, 2.05) is 12.1 Å². The fourth-order valence-corrected chi connectivity index (χ4v) is 2.58. The average molecular weight is 277 g/mol. The van der Waals surface area contributed by atoms with Crippen LogP contribution in [-0.4, -0.2) is 30.5 Å².